The maximum atomic E-state index is 13.3. The van der Waals surface area contributed by atoms with Gasteiger partial charge in [0.05, 0.1) is 7.11 Å². The van der Waals surface area contributed by atoms with E-state index in [2.05, 4.69) is 17.6 Å². The summed E-state index contributed by atoms with van der Waals surface area (Å²) < 4.78 is 18.2. The van der Waals surface area contributed by atoms with Crippen LogP contribution in [0.15, 0.2) is 18.2 Å². The first-order chi connectivity index (χ1) is 7.77. The highest BCUT2D eigenvalue weighted by Gasteiger charge is 2.02. The molecule has 0 spiro atoms. The Bertz CT molecular complexity index is 318. The molecule has 0 saturated heterocycles. The SMILES string of the molecule is CCNCCNCc1ccc(OC)c(F)c1. The predicted molar refractivity (Wildman–Crippen MR) is 63.2 cm³/mol. The molecule has 1 rings (SSSR count). The first kappa shape index (κ1) is 12.9. The van der Waals surface area contributed by atoms with Crippen LogP contribution in [0.3, 0.4) is 0 Å². The second-order valence-electron chi connectivity index (χ2n) is 3.50. The summed E-state index contributed by atoms with van der Waals surface area (Å²) in [5.74, 6) is -0.0233. The molecule has 0 amide bonds. The molecule has 0 aromatic heterocycles. The normalized spacial score (nSPS) is 10.4. The molecule has 2 N–H and O–H groups in total. The van der Waals surface area contributed by atoms with Gasteiger partial charge in [0.2, 0.25) is 0 Å². The minimum atomic E-state index is -0.312. The van der Waals surface area contributed by atoms with Gasteiger partial charge in [-0.15, -0.1) is 0 Å². The smallest absolute Gasteiger partial charge is 0.165 e. The third-order valence-corrected chi connectivity index (χ3v) is 2.27. The third kappa shape index (κ3) is 4.16. The van der Waals surface area contributed by atoms with Crippen LogP contribution in [0.4, 0.5) is 4.39 Å². The summed E-state index contributed by atoms with van der Waals surface area (Å²) in [6.07, 6.45) is 0. The maximum Gasteiger partial charge on any atom is 0.165 e. The summed E-state index contributed by atoms with van der Waals surface area (Å²) in [6.45, 7) is 5.51. The molecule has 90 valence electrons. The molecule has 0 unspecified atom stereocenters. The quantitative estimate of drug-likeness (QED) is 0.692. The van der Waals surface area contributed by atoms with Crippen LogP contribution in [0.2, 0.25) is 0 Å². The van der Waals surface area contributed by atoms with Gasteiger partial charge >= 0.3 is 0 Å². The van der Waals surface area contributed by atoms with E-state index in [1.54, 1.807) is 6.07 Å². The van der Waals surface area contributed by atoms with Crippen molar-refractivity contribution in [3.63, 3.8) is 0 Å². The summed E-state index contributed by atoms with van der Waals surface area (Å²) in [7, 11) is 1.47. The van der Waals surface area contributed by atoms with Crippen LogP contribution in [0, 0.1) is 5.82 Å². The first-order valence-electron chi connectivity index (χ1n) is 5.51. The van der Waals surface area contributed by atoms with Crippen molar-refractivity contribution in [2.45, 2.75) is 13.5 Å². The van der Waals surface area contributed by atoms with Gasteiger partial charge in [-0.3, -0.25) is 0 Å². The third-order valence-electron chi connectivity index (χ3n) is 2.27. The van der Waals surface area contributed by atoms with Crippen molar-refractivity contribution < 1.29 is 9.13 Å². The second-order valence-corrected chi connectivity index (χ2v) is 3.50. The van der Waals surface area contributed by atoms with E-state index in [0.717, 1.165) is 25.2 Å². The topological polar surface area (TPSA) is 33.3 Å². The molecule has 0 radical (unpaired) electrons. The summed E-state index contributed by atoms with van der Waals surface area (Å²) in [4.78, 5) is 0. The lowest BCUT2D eigenvalue weighted by molar-refractivity contribution is 0.386. The van der Waals surface area contributed by atoms with Gasteiger partial charge in [0.15, 0.2) is 11.6 Å². The average molecular weight is 226 g/mol. The molecule has 0 aliphatic carbocycles. The number of hydrogen-bond acceptors (Lipinski definition) is 3. The summed E-state index contributed by atoms with van der Waals surface area (Å²) in [6, 6.07) is 5.01. The van der Waals surface area contributed by atoms with E-state index in [0.29, 0.717) is 6.54 Å². The van der Waals surface area contributed by atoms with Crippen LogP contribution in [-0.4, -0.2) is 26.7 Å². The fourth-order valence-corrected chi connectivity index (χ4v) is 1.41. The molecule has 0 aliphatic rings. The molecule has 4 heteroatoms. The molecule has 0 bridgehead atoms. The van der Waals surface area contributed by atoms with E-state index >= 15 is 0 Å². The van der Waals surface area contributed by atoms with E-state index in [-0.39, 0.29) is 11.6 Å². The van der Waals surface area contributed by atoms with Crippen molar-refractivity contribution in [2.75, 3.05) is 26.7 Å². The van der Waals surface area contributed by atoms with Gasteiger partial charge in [-0.1, -0.05) is 13.0 Å². The molecule has 0 fully saturated rings. The Morgan fingerprint density at radius 3 is 2.62 bits per heavy atom. The largest absolute Gasteiger partial charge is 0.494 e. The highest BCUT2D eigenvalue weighted by atomic mass is 19.1. The van der Waals surface area contributed by atoms with Crippen molar-refractivity contribution in [3.8, 4) is 5.75 Å². The van der Waals surface area contributed by atoms with Crippen LogP contribution < -0.4 is 15.4 Å². The fraction of sp³-hybridized carbons (Fsp3) is 0.500. The lowest BCUT2D eigenvalue weighted by Gasteiger charge is -2.07. The van der Waals surface area contributed by atoms with Gasteiger partial charge in [0.25, 0.3) is 0 Å². The van der Waals surface area contributed by atoms with Crippen LogP contribution in [0.5, 0.6) is 5.75 Å². The Balaban J connectivity index is 2.34. The van der Waals surface area contributed by atoms with Gasteiger partial charge in [-0.25, -0.2) is 4.39 Å². The van der Waals surface area contributed by atoms with Gasteiger partial charge in [0, 0.05) is 19.6 Å². The zero-order valence-electron chi connectivity index (χ0n) is 9.85. The highest BCUT2D eigenvalue weighted by Crippen LogP contribution is 2.17. The number of halogens is 1. The molecule has 0 saturated carbocycles. The summed E-state index contributed by atoms with van der Waals surface area (Å²) >= 11 is 0. The number of rotatable bonds is 7. The van der Waals surface area contributed by atoms with Crippen molar-refractivity contribution >= 4 is 0 Å². The Morgan fingerprint density at radius 1 is 1.25 bits per heavy atom. The minimum absolute atomic E-state index is 0.288. The lowest BCUT2D eigenvalue weighted by atomic mass is 10.2. The minimum Gasteiger partial charge on any atom is -0.494 e. The summed E-state index contributed by atoms with van der Waals surface area (Å²) in [5.41, 5.74) is 0.926. The number of methoxy groups -OCH3 is 1. The van der Waals surface area contributed by atoms with E-state index in [1.807, 2.05) is 6.07 Å². The zero-order valence-corrected chi connectivity index (χ0v) is 9.85. The van der Waals surface area contributed by atoms with Gasteiger partial charge < -0.3 is 15.4 Å². The number of nitrogens with one attached hydrogen (secondary N) is 2. The molecule has 0 aliphatic heterocycles. The van der Waals surface area contributed by atoms with E-state index < -0.39 is 0 Å². The van der Waals surface area contributed by atoms with E-state index in [1.165, 1.54) is 13.2 Å². The molecule has 0 atom stereocenters. The Morgan fingerprint density at radius 2 is 2.00 bits per heavy atom. The molecular formula is C12H19FN2O. The average Bonchev–Trinajstić information content (AvgIpc) is 2.29. The fourth-order valence-electron chi connectivity index (χ4n) is 1.41. The van der Waals surface area contributed by atoms with Crippen LogP contribution in [-0.2, 0) is 6.54 Å². The lowest BCUT2D eigenvalue weighted by Crippen LogP contribution is -2.26. The summed E-state index contributed by atoms with van der Waals surface area (Å²) in [5, 5.41) is 6.44. The molecule has 0 heterocycles. The maximum absolute atomic E-state index is 13.3. The zero-order chi connectivity index (χ0) is 11.8. The van der Waals surface area contributed by atoms with Crippen LogP contribution in [0.25, 0.3) is 0 Å². The molecule has 16 heavy (non-hydrogen) atoms. The Kier molecular flexibility index (Phi) is 5.82. The van der Waals surface area contributed by atoms with Crippen molar-refractivity contribution in [2.24, 2.45) is 0 Å². The molecule has 1 aromatic carbocycles. The number of benzene rings is 1. The number of hydrogen-bond donors (Lipinski definition) is 2. The predicted octanol–water partition coefficient (Wildman–Crippen LogP) is 1.53. The van der Waals surface area contributed by atoms with Crippen molar-refractivity contribution in [1.82, 2.24) is 10.6 Å². The van der Waals surface area contributed by atoms with Crippen molar-refractivity contribution in [1.29, 1.82) is 0 Å². The van der Waals surface area contributed by atoms with Gasteiger partial charge in [-0.05, 0) is 24.2 Å². The molecular weight excluding hydrogens is 207 g/mol. The van der Waals surface area contributed by atoms with Gasteiger partial charge in [-0.2, -0.15) is 0 Å². The van der Waals surface area contributed by atoms with Crippen LogP contribution in [0.1, 0.15) is 12.5 Å². The second kappa shape index (κ2) is 7.19. The highest BCUT2D eigenvalue weighted by molar-refractivity contribution is 5.29. The van der Waals surface area contributed by atoms with E-state index in [9.17, 15) is 4.39 Å². The number of likely N-dealkylation sites (N-methyl/N-ethyl adjacent to an activating group) is 1. The molecule has 3 nitrogen and oxygen atoms in total. The van der Waals surface area contributed by atoms with Crippen LogP contribution >= 0.6 is 0 Å². The Labute approximate surface area is 96.0 Å². The first-order valence-corrected chi connectivity index (χ1v) is 5.51. The molecule has 1 aromatic rings. The van der Waals surface area contributed by atoms with Crippen molar-refractivity contribution in [3.05, 3.63) is 29.6 Å². The standard InChI is InChI=1S/C12H19FN2O/c1-3-14-6-7-15-9-10-4-5-12(16-2)11(13)8-10/h4-5,8,14-15H,3,6-7,9H2,1-2H3. The van der Waals surface area contributed by atoms with E-state index in [4.69, 9.17) is 4.74 Å². The number of ether oxygens (including phenoxy) is 1. The Hall–Kier alpha value is -1.13. The van der Waals surface area contributed by atoms with Gasteiger partial charge in [0.1, 0.15) is 0 Å². The monoisotopic (exact) mass is 226 g/mol.